The van der Waals surface area contributed by atoms with E-state index < -0.39 is 0 Å². The van der Waals surface area contributed by atoms with Crippen LogP contribution in [0.3, 0.4) is 0 Å². The number of anilines is 3. The number of nitrogens with zero attached hydrogens (tertiary/aromatic N) is 2. The number of aromatic nitrogens is 1. The zero-order valence-corrected chi connectivity index (χ0v) is 35.4. The SMILES string of the molecule is c1ccc(-c2ccc(-c3cc4ccccc4c4ccccc34)cc2N(c2ccc(-c3cccc4oc5ccccc5c34)cc2)c2cccc(-n3c4ccccc4c4ccccc43)c2)cc1. The molecule has 0 bridgehead atoms. The van der Waals surface area contributed by atoms with Gasteiger partial charge in [-0.25, -0.2) is 0 Å². The predicted molar refractivity (Wildman–Crippen MR) is 274 cm³/mol. The molecule has 0 aliphatic heterocycles. The van der Waals surface area contributed by atoms with Gasteiger partial charge in [-0.3, -0.25) is 0 Å². The van der Waals surface area contributed by atoms with Gasteiger partial charge in [0.1, 0.15) is 11.2 Å². The third-order valence-electron chi connectivity index (χ3n) is 13.2. The van der Waals surface area contributed by atoms with Gasteiger partial charge in [-0.05, 0) is 116 Å². The van der Waals surface area contributed by atoms with Crippen molar-refractivity contribution in [2.24, 2.45) is 0 Å². The fourth-order valence-electron chi connectivity index (χ4n) is 10.2. The van der Waals surface area contributed by atoms with Gasteiger partial charge in [-0.15, -0.1) is 0 Å². The van der Waals surface area contributed by atoms with E-state index in [1.54, 1.807) is 0 Å². The largest absolute Gasteiger partial charge is 0.456 e. The molecule has 13 aromatic rings. The Morgan fingerprint density at radius 3 is 1.71 bits per heavy atom. The van der Waals surface area contributed by atoms with Crippen LogP contribution in [0.2, 0.25) is 0 Å². The number of hydrogen-bond acceptors (Lipinski definition) is 2. The molecule has 0 aliphatic rings. The van der Waals surface area contributed by atoms with E-state index in [0.717, 1.165) is 72.5 Å². The molecule has 0 aliphatic carbocycles. The van der Waals surface area contributed by atoms with E-state index in [1.165, 1.54) is 48.9 Å². The number of rotatable bonds is 7. The lowest BCUT2D eigenvalue weighted by molar-refractivity contribution is 0.669. The molecule has 2 heterocycles. The standard InChI is InChI=1S/C62H40N2O/c1-2-16-41(17-3-1)49-37-34-44(56-38-43-18-4-5-21-48(43)51-22-6-7-23-52(51)56)39-59(49)63(45-35-32-42(33-36-45)50-27-15-31-61-62(50)55-26-10-13-30-60(55)65-61)46-19-14-20-47(40-46)64-57-28-11-8-24-53(57)54-25-9-12-29-58(54)64/h1-40H. The predicted octanol–water partition coefficient (Wildman–Crippen LogP) is 17.5. The molecule has 0 unspecified atom stereocenters. The molecule has 0 spiro atoms. The van der Waals surface area contributed by atoms with Crippen molar-refractivity contribution < 1.29 is 4.42 Å². The van der Waals surface area contributed by atoms with Gasteiger partial charge in [-0.2, -0.15) is 0 Å². The topological polar surface area (TPSA) is 21.3 Å². The van der Waals surface area contributed by atoms with Crippen LogP contribution in [-0.4, -0.2) is 4.57 Å². The van der Waals surface area contributed by atoms with Crippen molar-refractivity contribution in [2.75, 3.05) is 4.90 Å². The number of fused-ring (bicyclic) bond motifs is 9. The van der Waals surface area contributed by atoms with Crippen LogP contribution in [0.1, 0.15) is 0 Å². The van der Waals surface area contributed by atoms with Gasteiger partial charge in [0.2, 0.25) is 0 Å². The van der Waals surface area contributed by atoms with Crippen LogP contribution in [0.25, 0.3) is 104 Å². The molecule has 0 radical (unpaired) electrons. The summed E-state index contributed by atoms with van der Waals surface area (Å²) in [6, 6.07) is 87.9. The molecule has 3 nitrogen and oxygen atoms in total. The highest BCUT2D eigenvalue weighted by Gasteiger charge is 2.22. The Hall–Kier alpha value is -8.66. The summed E-state index contributed by atoms with van der Waals surface area (Å²) >= 11 is 0. The molecule has 65 heavy (non-hydrogen) atoms. The van der Waals surface area contributed by atoms with E-state index in [-0.39, 0.29) is 0 Å². The summed E-state index contributed by atoms with van der Waals surface area (Å²) in [5, 5.41) is 9.70. The van der Waals surface area contributed by atoms with Crippen LogP contribution >= 0.6 is 0 Å². The summed E-state index contributed by atoms with van der Waals surface area (Å²) in [5.74, 6) is 0. The van der Waals surface area contributed by atoms with Crippen molar-refractivity contribution in [2.45, 2.75) is 0 Å². The molecule has 0 N–H and O–H groups in total. The lowest BCUT2D eigenvalue weighted by Crippen LogP contribution is -2.12. The highest BCUT2D eigenvalue weighted by Crippen LogP contribution is 2.46. The van der Waals surface area contributed by atoms with Crippen LogP contribution < -0.4 is 4.90 Å². The number of furan rings is 1. The highest BCUT2D eigenvalue weighted by molar-refractivity contribution is 6.15. The van der Waals surface area contributed by atoms with Gasteiger partial charge < -0.3 is 13.9 Å². The molecule has 0 atom stereocenters. The van der Waals surface area contributed by atoms with Crippen molar-refractivity contribution in [3.05, 3.63) is 243 Å². The first kappa shape index (κ1) is 36.9. The Morgan fingerprint density at radius 2 is 0.923 bits per heavy atom. The average molecular weight is 829 g/mol. The Kier molecular flexibility index (Phi) is 8.53. The summed E-state index contributed by atoms with van der Waals surface area (Å²) in [5.41, 5.74) is 15.4. The second-order valence-corrected chi connectivity index (χ2v) is 16.8. The normalized spacial score (nSPS) is 11.7. The monoisotopic (exact) mass is 828 g/mol. The zero-order valence-electron chi connectivity index (χ0n) is 35.4. The maximum Gasteiger partial charge on any atom is 0.136 e. The molecular weight excluding hydrogens is 789 g/mol. The Labute approximate surface area is 376 Å². The van der Waals surface area contributed by atoms with Crippen LogP contribution in [0, 0.1) is 0 Å². The van der Waals surface area contributed by atoms with Crippen molar-refractivity contribution in [3.63, 3.8) is 0 Å². The van der Waals surface area contributed by atoms with E-state index in [9.17, 15) is 0 Å². The first-order chi connectivity index (χ1) is 32.2. The van der Waals surface area contributed by atoms with Gasteiger partial charge in [0, 0.05) is 44.2 Å². The lowest BCUT2D eigenvalue weighted by Gasteiger charge is -2.29. The molecule has 0 saturated carbocycles. The van der Waals surface area contributed by atoms with Crippen LogP contribution in [0.4, 0.5) is 17.1 Å². The van der Waals surface area contributed by atoms with E-state index in [0.29, 0.717) is 0 Å². The van der Waals surface area contributed by atoms with E-state index in [1.807, 2.05) is 12.1 Å². The van der Waals surface area contributed by atoms with Crippen molar-refractivity contribution in [1.82, 2.24) is 4.57 Å². The van der Waals surface area contributed by atoms with Crippen LogP contribution in [-0.2, 0) is 0 Å². The van der Waals surface area contributed by atoms with Crippen molar-refractivity contribution in [1.29, 1.82) is 0 Å². The Bertz CT molecular complexity index is 3900. The fraction of sp³-hybridized carbons (Fsp3) is 0. The molecular formula is C62H40N2O. The first-order valence-electron chi connectivity index (χ1n) is 22.2. The maximum atomic E-state index is 6.33. The minimum atomic E-state index is 0.891. The van der Waals surface area contributed by atoms with E-state index in [2.05, 4.69) is 240 Å². The van der Waals surface area contributed by atoms with Gasteiger partial charge in [0.15, 0.2) is 0 Å². The summed E-state index contributed by atoms with van der Waals surface area (Å²) in [7, 11) is 0. The highest BCUT2D eigenvalue weighted by atomic mass is 16.3. The van der Waals surface area contributed by atoms with E-state index >= 15 is 0 Å². The maximum absolute atomic E-state index is 6.33. The smallest absolute Gasteiger partial charge is 0.136 e. The van der Waals surface area contributed by atoms with Gasteiger partial charge in [-0.1, -0.05) is 176 Å². The van der Waals surface area contributed by atoms with Crippen LogP contribution in [0.5, 0.6) is 0 Å². The second kappa shape index (κ2) is 15.0. The Morgan fingerprint density at radius 1 is 0.323 bits per heavy atom. The van der Waals surface area contributed by atoms with Crippen molar-refractivity contribution in [3.8, 4) is 39.1 Å². The lowest BCUT2D eigenvalue weighted by atomic mass is 9.91. The fourth-order valence-corrected chi connectivity index (χ4v) is 10.2. The third-order valence-corrected chi connectivity index (χ3v) is 13.2. The van der Waals surface area contributed by atoms with Gasteiger partial charge in [0.05, 0.1) is 16.7 Å². The summed E-state index contributed by atoms with van der Waals surface area (Å²) in [4.78, 5) is 2.45. The summed E-state index contributed by atoms with van der Waals surface area (Å²) in [6.07, 6.45) is 0. The summed E-state index contributed by atoms with van der Waals surface area (Å²) in [6.45, 7) is 0. The van der Waals surface area contributed by atoms with Crippen molar-refractivity contribution >= 4 is 82.4 Å². The molecule has 0 saturated heterocycles. The Balaban J connectivity index is 1.06. The molecule has 0 amide bonds. The molecule has 2 aromatic heterocycles. The third kappa shape index (κ3) is 6.05. The number of para-hydroxylation sites is 3. The molecule has 13 rings (SSSR count). The van der Waals surface area contributed by atoms with Crippen LogP contribution in [0.15, 0.2) is 247 Å². The molecule has 11 aromatic carbocycles. The molecule has 304 valence electrons. The van der Waals surface area contributed by atoms with Gasteiger partial charge in [0.25, 0.3) is 0 Å². The summed E-state index contributed by atoms with van der Waals surface area (Å²) < 4.78 is 8.73. The molecule has 3 heteroatoms. The number of benzene rings is 11. The quantitative estimate of drug-likeness (QED) is 0.149. The van der Waals surface area contributed by atoms with E-state index in [4.69, 9.17) is 4.42 Å². The zero-order chi connectivity index (χ0) is 42.8. The molecule has 0 fully saturated rings. The second-order valence-electron chi connectivity index (χ2n) is 16.8. The minimum Gasteiger partial charge on any atom is -0.456 e. The minimum absolute atomic E-state index is 0.891. The van der Waals surface area contributed by atoms with Gasteiger partial charge >= 0.3 is 0 Å². The number of hydrogen-bond donors (Lipinski definition) is 0. The first-order valence-corrected chi connectivity index (χ1v) is 22.2. The average Bonchev–Trinajstić information content (AvgIpc) is 3.93.